The van der Waals surface area contributed by atoms with E-state index in [9.17, 15) is 0 Å². The summed E-state index contributed by atoms with van der Waals surface area (Å²) in [5.41, 5.74) is 4.95. The summed E-state index contributed by atoms with van der Waals surface area (Å²) in [6.07, 6.45) is -0.522. The van der Waals surface area contributed by atoms with Crippen LogP contribution in [-0.4, -0.2) is 23.6 Å². The van der Waals surface area contributed by atoms with Gasteiger partial charge in [-0.3, -0.25) is 0 Å². The van der Waals surface area contributed by atoms with E-state index in [0.717, 1.165) is 0 Å². The molecule has 0 heterocycles. The molecular formula is C3H8ClNO. The minimum absolute atomic E-state index is 0.233. The zero-order valence-electron chi connectivity index (χ0n) is 3.39. The van der Waals surface area contributed by atoms with Crippen LogP contribution >= 0.6 is 11.6 Å². The summed E-state index contributed by atoms with van der Waals surface area (Å²) in [4.78, 5) is 0. The lowest BCUT2D eigenvalue weighted by atomic mass is 10.4. The van der Waals surface area contributed by atoms with Crippen LogP contribution in [0.2, 0.25) is 0 Å². The molecule has 0 aliphatic rings. The average molecular weight is 110 g/mol. The van der Waals surface area contributed by atoms with Crippen molar-refractivity contribution >= 4 is 11.6 Å². The third-order valence-electron chi connectivity index (χ3n) is 0.450. The topological polar surface area (TPSA) is 46.2 Å². The van der Waals surface area contributed by atoms with Crippen LogP contribution in [0.4, 0.5) is 0 Å². The molecule has 0 saturated heterocycles. The molecule has 0 aromatic heterocycles. The second-order valence-electron chi connectivity index (χ2n) is 1.04. The zero-order chi connectivity index (χ0) is 4.99. The summed E-state index contributed by atoms with van der Waals surface area (Å²) in [6, 6.07) is 0. The van der Waals surface area contributed by atoms with Crippen LogP contribution in [0.15, 0.2) is 0 Å². The van der Waals surface area contributed by atoms with Crippen molar-refractivity contribution in [2.75, 3.05) is 12.4 Å². The molecule has 0 aromatic carbocycles. The Labute approximate surface area is 41.9 Å². The normalized spacial score (nSPS) is 14.5. The number of halogens is 1. The number of alkyl halides is 1. The van der Waals surface area contributed by atoms with Gasteiger partial charge >= 0.3 is 0 Å². The van der Waals surface area contributed by atoms with E-state index in [1.54, 1.807) is 0 Å². The van der Waals surface area contributed by atoms with Gasteiger partial charge in [-0.05, 0) is 0 Å². The van der Waals surface area contributed by atoms with E-state index in [4.69, 9.17) is 22.4 Å². The van der Waals surface area contributed by atoms with E-state index >= 15 is 0 Å². The van der Waals surface area contributed by atoms with Crippen molar-refractivity contribution in [1.82, 2.24) is 0 Å². The van der Waals surface area contributed by atoms with E-state index < -0.39 is 6.10 Å². The first-order valence-electron chi connectivity index (χ1n) is 1.75. The number of aliphatic hydroxyl groups is 1. The monoisotopic (exact) mass is 109 g/mol. The van der Waals surface area contributed by atoms with Gasteiger partial charge in [0.25, 0.3) is 0 Å². The molecule has 2 nitrogen and oxygen atoms in total. The Hall–Kier alpha value is 0.210. The third-order valence-corrected chi connectivity index (χ3v) is 0.806. The average Bonchev–Trinajstić information content (AvgIpc) is 1.65. The fourth-order valence-corrected chi connectivity index (χ4v) is 0.189. The fraction of sp³-hybridized carbons (Fsp3) is 1.00. The van der Waals surface area contributed by atoms with Crippen molar-refractivity contribution in [1.29, 1.82) is 0 Å². The van der Waals surface area contributed by atoms with Gasteiger partial charge in [-0.15, -0.1) is 11.6 Å². The summed E-state index contributed by atoms with van der Waals surface area (Å²) in [5.74, 6) is 0.233. The number of rotatable bonds is 2. The molecule has 3 heteroatoms. The Balaban J connectivity index is 2.75. The first-order chi connectivity index (χ1) is 2.81. The Kier molecular flexibility index (Phi) is 3.52. The standard InChI is InChI=1S/C3H8ClNO/c4-1-3(6)2-5/h3,6H,1-2,5H2/t3-/m0/s1. The largest absolute Gasteiger partial charge is 0.391 e. The highest BCUT2D eigenvalue weighted by Crippen LogP contribution is 1.80. The molecule has 0 bridgehead atoms. The highest BCUT2D eigenvalue weighted by atomic mass is 35.5. The molecule has 0 rings (SSSR count). The van der Waals surface area contributed by atoms with Crippen LogP contribution in [0.3, 0.4) is 0 Å². The van der Waals surface area contributed by atoms with Crippen molar-refractivity contribution in [3.05, 3.63) is 0 Å². The van der Waals surface area contributed by atoms with Crippen molar-refractivity contribution in [3.63, 3.8) is 0 Å². The first kappa shape index (κ1) is 6.21. The maximum Gasteiger partial charge on any atom is 0.0797 e. The van der Waals surface area contributed by atoms with Gasteiger partial charge in [0.2, 0.25) is 0 Å². The molecular weight excluding hydrogens is 101 g/mol. The van der Waals surface area contributed by atoms with Crippen LogP contribution in [0.1, 0.15) is 0 Å². The molecule has 1 atom stereocenters. The number of nitrogens with two attached hydrogens (primary N) is 1. The minimum Gasteiger partial charge on any atom is -0.391 e. The Morgan fingerprint density at radius 1 is 1.83 bits per heavy atom. The first-order valence-corrected chi connectivity index (χ1v) is 2.28. The zero-order valence-corrected chi connectivity index (χ0v) is 4.15. The summed E-state index contributed by atoms with van der Waals surface area (Å²) < 4.78 is 0. The smallest absolute Gasteiger partial charge is 0.0797 e. The van der Waals surface area contributed by atoms with E-state index in [1.807, 2.05) is 0 Å². The molecule has 0 aliphatic heterocycles. The van der Waals surface area contributed by atoms with Gasteiger partial charge in [0.1, 0.15) is 0 Å². The molecule has 38 valence electrons. The predicted octanol–water partition coefficient (Wildman–Crippen LogP) is -0.455. The van der Waals surface area contributed by atoms with Crippen LogP contribution in [0.5, 0.6) is 0 Å². The predicted molar refractivity (Wildman–Crippen MR) is 25.8 cm³/mol. The molecule has 3 N–H and O–H groups in total. The Morgan fingerprint density at radius 2 is 2.33 bits per heavy atom. The summed E-state index contributed by atoms with van der Waals surface area (Å²) in [5, 5.41) is 8.41. The number of hydrogen-bond donors (Lipinski definition) is 2. The van der Waals surface area contributed by atoms with Crippen molar-refractivity contribution in [2.45, 2.75) is 6.10 Å². The Bertz CT molecular complexity index is 30.0. The minimum atomic E-state index is -0.522. The van der Waals surface area contributed by atoms with Gasteiger partial charge in [-0.1, -0.05) is 0 Å². The van der Waals surface area contributed by atoms with Gasteiger partial charge in [0.15, 0.2) is 0 Å². The van der Waals surface area contributed by atoms with Gasteiger partial charge in [0, 0.05) is 12.4 Å². The van der Waals surface area contributed by atoms with Gasteiger partial charge < -0.3 is 10.8 Å². The van der Waals surface area contributed by atoms with Gasteiger partial charge in [-0.2, -0.15) is 0 Å². The molecule has 0 aliphatic carbocycles. The Morgan fingerprint density at radius 3 is 2.33 bits per heavy atom. The highest BCUT2D eigenvalue weighted by molar-refractivity contribution is 6.18. The lowest BCUT2D eigenvalue weighted by Gasteiger charge is -1.96. The second-order valence-corrected chi connectivity index (χ2v) is 1.35. The maximum atomic E-state index is 8.41. The maximum absolute atomic E-state index is 8.41. The van der Waals surface area contributed by atoms with E-state index in [2.05, 4.69) is 0 Å². The molecule has 0 amide bonds. The summed E-state index contributed by atoms with van der Waals surface area (Å²) in [7, 11) is 0. The fourth-order valence-electron chi connectivity index (χ4n) is 0.0630. The number of aliphatic hydroxyl groups excluding tert-OH is 1. The van der Waals surface area contributed by atoms with E-state index in [-0.39, 0.29) is 12.4 Å². The van der Waals surface area contributed by atoms with E-state index in [0.29, 0.717) is 0 Å². The van der Waals surface area contributed by atoms with Crippen molar-refractivity contribution in [2.24, 2.45) is 5.73 Å². The molecule has 6 heavy (non-hydrogen) atoms. The van der Waals surface area contributed by atoms with Crippen LogP contribution in [0, 0.1) is 0 Å². The molecule has 0 radical (unpaired) electrons. The molecule has 0 saturated carbocycles. The SMILES string of the molecule is NC[C@@H](O)CCl. The van der Waals surface area contributed by atoms with Gasteiger partial charge in [0.05, 0.1) is 6.10 Å². The molecule has 0 aromatic rings. The summed E-state index contributed by atoms with van der Waals surface area (Å²) >= 11 is 5.12. The second kappa shape index (κ2) is 3.40. The van der Waals surface area contributed by atoms with Crippen LogP contribution < -0.4 is 5.73 Å². The highest BCUT2D eigenvalue weighted by Gasteiger charge is 1.92. The number of hydrogen-bond acceptors (Lipinski definition) is 2. The summed E-state index contributed by atoms with van der Waals surface area (Å²) in [6.45, 7) is 0.253. The van der Waals surface area contributed by atoms with E-state index in [1.165, 1.54) is 0 Å². The quantitative estimate of drug-likeness (QED) is 0.472. The van der Waals surface area contributed by atoms with Crippen LogP contribution in [-0.2, 0) is 0 Å². The van der Waals surface area contributed by atoms with Gasteiger partial charge in [-0.25, -0.2) is 0 Å². The molecule has 0 fully saturated rings. The third kappa shape index (κ3) is 2.45. The van der Waals surface area contributed by atoms with Crippen molar-refractivity contribution in [3.8, 4) is 0 Å². The lowest BCUT2D eigenvalue weighted by molar-refractivity contribution is 0.206. The molecule has 0 spiro atoms. The van der Waals surface area contributed by atoms with Crippen LogP contribution in [0.25, 0.3) is 0 Å². The molecule has 0 unspecified atom stereocenters. The van der Waals surface area contributed by atoms with Crippen molar-refractivity contribution < 1.29 is 5.11 Å². The lowest BCUT2D eigenvalue weighted by Crippen LogP contribution is -2.20.